The minimum atomic E-state index is -2.91. The van der Waals surface area contributed by atoms with Gasteiger partial charge in [-0.25, -0.2) is 8.42 Å². The van der Waals surface area contributed by atoms with Gasteiger partial charge < -0.3 is 0 Å². The molecule has 1 aromatic heterocycles. The predicted molar refractivity (Wildman–Crippen MR) is 67.8 cm³/mol. The van der Waals surface area contributed by atoms with E-state index in [9.17, 15) is 8.42 Å². The topological polar surface area (TPSA) is 52.0 Å². The van der Waals surface area contributed by atoms with Crippen LogP contribution in [0.1, 0.15) is 43.1 Å². The van der Waals surface area contributed by atoms with E-state index in [1.807, 2.05) is 24.6 Å². The highest BCUT2D eigenvalue weighted by Crippen LogP contribution is 2.32. The third-order valence-electron chi connectivity index (χ3n) is 3.59. The molecule has 1 aliphatic carbocycles. The standard InChI is InChI=1S/C12H20N2O2S/c1-9-7-10(2)14(13-9)11-5-4-6-12(8-11)17(3,15)16/h7,11-12H,4-6,8H2,1-3H3. The normalized spacial score (nSPS) is 26.1. The molecule has 0 aliphatic heterocycles. The lowest BCUT2D eigenvalue weighted by Crippen LogP contribution is -2.29. The number of sulfone groups is 1. The highest BCUT2D eigenvalue weighted by atomic mass is 32.2. The highest BCUT2D eigenvalue weighted by Gasteiger charge is 2.30. The van der Waals surface area contributed by atoms with Crippen molar-refractivity contribution in [3.05, 3.63) is 17.5 Å². The van der Waals surface area contributed by atoms with Crippen molar-refractivity contribution >= 4 is 9.84 Å². The quantitative estimate of drug-likeness (QED) is 0.813. The second kappa shape index (κ2) is 4.44. The van der Waals surface area contributed by atoms with Crippen LogP contribution in [-0.4, -0.2) is 29.7 Å². The Balaban J connectivity index is 2.21. The Morgan fingerprint density at radius 3 is 2.59 bits per heavy atom. The van der Waals surface area contributed by atoms with Gasteiger partial charge in [-0.2, -0.15) is 5.10 Å². The van der Waals surface area contributed by atoms with Gasteiger partial charge in [0.25, 0.3) is 0 Å². The lowest BCUT2D eigenvalue weighted by atomic mass is 9.95. The van der Waals surface area contributed by atoms with Gasteiger partial charge in [-0.1, -0.05) is 6.42 Å². The number of aryl methyl sites for hydroxylation is 2. The van der Waals surface area contributed by atoms with Gasteiger partial charge >= 0.3 is 0 Å². The minimum absolute atomic E-state index is 0.190. The van der Waals surface area contributed by atoms with Crippen molar-refractivity contribution in [2.75, 3.05) is 6.26 Å². The van der Waals surface area contributed by atoms with Crippen molar-refractivity contribution in [2.24, 2.45) is 0 Å². The van der Waals surface area contributed by atoms with Crippen molar-refractivity contribution < 1.29 is 8.42 Å². The third kappa shape index (κ3) is 2.70. The number of hydrogen-bond acceptors (Lipinski definition) is 3. The minimum Gasteiger partial charge on any atom is -0.267 e. The second-order valence-electron chi connectivity index (χ2n) is 5.14. The number of hydrogen-bond donors (Lipinski definition) is 0. The van der Waals surface area contributed by atoms with E-state index in [0.717, 1.165) is 30.7 Å². The fraction of sp³-hybridized carbons (Fsp3) is 0.750. The van der Waals surface area contributed by atoms with Crippen LogP contribution in [0.4, 0.5) is 0 Å². The smallest absolute Gasteiger partial charge is 0.150 e. The van der Waals surface area contributed by atoms with Gasteiger partial charge in [-0.3, -0.25) is 4.68 Å². The maximum atomic E-state index is 11.6. The second-order valence-corrected chi connectivity index (χ2v) is 7.47. The van der Waals surface area contributed by atoms with Gasteiger partial charge in [0.2, 0.25) is 0 Å². The van der Waals surface area contributed by atoms with Crippen molar-refractivity contribution in [3.8, 4) is 0 Å². The largest absolute Gasteiger partial charge is 0.267 e. The van der Waals surface area contributed by atoms with Crippen molar-refractivity contribution in [3.63, 3.8) is 0 Å². The molecule has 2 atom stereocenters. The fourth-order valence-electron chi connectivity index (χ4n) is 2.75. The van der Waals surface area contributed by atoms with Gasteiger partial charge in [0, 0.05) is 11.9 Å². The van der Waals surface area contributed by atoms with E-state index in [0.29, 0.717) is 6.42 Å². The molecule has 1 aliphatic rings. The first-order chi connectivity index (χ1) is 7.88. The number of aromatic nitrogens is 2. The molecule has 0 aromatic carbocycles. The molecule has 0 bridgehead atoms. The van der Waals surface area contributed by atoms with Crippen LogP contribution in [0.25, 0.3) is 0 Å². The molecule has 2 rings (SSSR count). The molecule has 1 saturated carbocycles. The van der Waals surface area contributed by atoms with Crippen LogP contribution in [0.3, 0.4) is 0 Å². The first-order valence-electron chi connectivity index (χ1n) is 6.09. The highest BCUT2D eigenvalue weighted by molar-refractivity contribution is 7.91. The van der Waals surface area contributed by atoms with E-state index in [1.165, 1.54) is 6.26 Å². The Morgan fingerprint density at radius 2 is 2.06 bits per heavy atom. The zero-order valence-corrected chi connectivity index (χ0v) is 11.5. The summed E-state index contributed by atoms with van der Waals surface area (Å²) in [6.45, 7) is 4.00. The molecule has 0 spiro atoms. The maximum absolute atomic E-state index is 11.6. The van der Waals surface area contributed by atoms with Gasteiger partial charge in [-0.15, -0.1) is 0 Å². The Hall–Kier alpha value is -0.840. The summed E-state index contributed by atoms with van der Waals surface area (Å²) in [5.41, 5.74) is 2.13. The van der Waals surface area contributed by atoms with Crippen molar-refractivity contribution in [2.45, 2.75) is 50.8 Å². The van der Waals surface area contributed by atoms with Crippen LogP contribution in [0.15, 0.2) is 6.07 Å². The molecular formula is C12H20N2O2S. The molecule has 17 heavy (non-hydrogen) atoms. The molecule has 0 amide bonds. The average molecular weight is 256 g/mol. The summed E-state index contributed by atoms with van der Waals surface area (Å²) >= 11 is 0. The van der Waals surface area contributed by atoms with Crippen LogP contribution in [0.2, 0.25) is 0 Å². The summed E-state index contributed by atoms with van der Waals surface area (Å²) in [5, 5.41) is 4.28. The zero-order chi connectivity index (χ0) is 12.6. The summed E-state index contributed by atoms with van der Waals surface area (Å²) in [6, 6.07) is 2.29. The first kappa shape index (κ1) is 12.6. The van der Waals surface area contributed by atoms with E-state index >= 15 is 0 Å². The Morgan fingerprint density at radius 1 is 1.35 bits per heavy atom. The Bertz CT molecular complexity index is 505. The molecule has 0 radical (unpaired) electrons. The van der Waals surface area contributed by atoms with Gasteiger partial charge in [0.05, 0.1) is 17.0 Å². The summed E-state index contributed by atoms with van der Waals surface area (Å²) in [5.74, 6) is 0. The van der Waals surface area contributed by atoms with E-state index in [2.05, 4.69) is 5.10 Å². The van der Waals surface area contributed by atoms with Gasteiger partial charge in [0.15, 0.2) is 0 Å². The van der Waals surface area contributed by atoms with Crippen LogP contribution in [0.5, 0.6) is 0 Å². The summed E-state index contributed by atoms with van der Waals surface area (Å²) < 4.78 is 25.3. The van der Waals surface area contributed by atoms with Crippen molar-refractivity contribution in [1.82, 2.24) is 9.78 Å². The van der Waals surface area contributed by atoms with E-state index < -0.39 is 9.84 Å². The van der Waals surface area contributed by atoms with Gasteiger partial charge in [0.1, 0.15) is 9.84 Å². The summed E-state index contributed by atoms with van der Waals surface area (Å²) in [4.78, 5) is 0. The number of rotatable bonds is 2. The molecule has 1 heterocycles. The molecule has 0 N–H and O–H groups in total. The Labute approximate surface area is 103 Å². The molecule has 4 nitrogen and oxygen atoms in total. The molecule has 96 valence electrons. The molecule has 1 aromatic rings. The van der Waals surface area contributed by atoms with E-state index in [-0.39, 0.29) is 11.3 Å². The molecular weight excluding hydrogens is 236 g/mol. The monoisotopic (exact) mass is 256 g/mol. The molecule has 0 saturated heterocycles. The van der Waals surface area contributed by atoms with Gasteiger partial charge in [-0.05, 0) is 39.2 Å². The average Bonchev–Trinajstić information content (AvgIpc) is 2.57. The van der Waals surface area contributed by atoms with E-state index in [4.69, 9.17) is 0 Å². The number of nitrogens with zero attached hydrogens (tertiary/aromatic N) is 2. The van der Waals surface area contributed by atoms with Crippen LogP contribution < -0.4 is 0 Å². The summed E-state index contributed by atoms with van der Waals surface area (Å²) in [6.07, 6.45) is 4.87. The lowest BCUT2D eigenvalue weighted by molar-refractivity contribution is 0.324. The third-order valence-corrected chi connectivity index (χ3v) is 5.23. The van der Waals surface area contributed by atoms with Crippen LogP contribution in [-0.2, 0) is 9.84 Å². The lowest BCUT2D eigenvalue weighted by Gasteiger charge is -2.29. The summed E-state index contributed by atoms with van der Waals surface area (Å²) in [7, 11) is -2.91. The predicted octanol–water partition coefficient (Wildman–Crippen LogP) is 2.03. The van der Waals surface area contributed by atoms with Crippen LogP contribution >= 0.6 is 0 Å². The molecule has 1 fully saturated rings. The fourth-order valence-corrected chi connectivity index (χ4v) is 3.91. The molecule has 2 unspecified atom stereocenters. The Kier molecular flexibility index (Phi) is 3.30. The van der Waals surface area contributed by atoms with E-state index in [1.54, 1.807) is 0 Å². The van der Waals surface area contributed by atoms with Crippen molar-refractivity contribution in [1.29, 1.82) is 0 Å². The first-order valence-corrected chi connectivity index (χ1v) is 8.05. The molecule has 5 heteroatoms. The van der Waals surface area contributed by atoms with Crippen LogP contribution in [0, 0.1) is 13.8 Å². The SMILES string of the molecule is Cc1cc(C)n(C2CCCC(S(C)(=O)=O)C2)n1. The maximum Gasteiger partial charge on any atom is 0.150 e. The zero-order valence-electron chi connectivity index (χ0n) is 10.7.